The number of benzene rings is 4. The van der Waals surface area contributed by atoms with Crippen molar-refractivity contribution in [3.8, 4) is 17.2 Å². The van der Waals surface area contributed by atoms with Crippen molar-refractivity contribution < 1.29 is 37.6 Å². The van der Waals surface area contributed by atoms with Gasteiger partial charge in [0, 0.05) is 18.2 Å². The third-order valence-corrected chi connectivity index (χ3v) is 11.8. The molecule has 5 aromatic rings. The fourth-order valence-corrected chi connectivity index (χ4v) is 8.51. The Hall–Kier alpha value is -5.43. The maximum atomic E-state index is 13.9. The number of aromatic nitrogens is 2. The van der Waals surface area contributed by atoms with Crippen LogP contribution in [0, 0.1) is 0 Å². The summed E-state index contributed by atoms with van der Waals surface area (Å²) < 4.78 is 53.4. The van der Waals surface area contributed by atoms with Crippen molar-refractivity contribution >= 4 is 19.9 Å². The van der Waals surface area contributed by atoms with Gasteiger partial charge >= 0.3 is 13.9 Å². The number of hydrogen-bond donors (Lipinski definition) is 1. The van der Waals surface area contributed by atoms with E-state index in [2.05, 4.69) is 10.3 Å². The predicted molar refractivity (Wildman–Crippen MR) is 221 cm³/mol. The first-order valence-corrected chi connectivity index (χ1v) is 20.2. The number of hydrogen-bond acceptors (Lipinski definition) is 10. The van der Waals surface area contributed by atoms with Gasteiger partial charge in [-0.2, -0.15) is 4.98 Å². The summed E-state index contributed by atoms with van der Waals surface area (Å²) in [5.41, 5.74) is 1.04. The maximum absolute atomic E-state index is 13.9. The van der Waals surface area contributed by atoms with Crippen molar-refractivity contribution in [3.63, 3.8) is 0 Å². The molecule has 1 aliphatic heterocycles. The Morgan fingerprint density at radius 3 is 1.83 bits per heavy atom. The van der Waals surface area contributed by atoms with Gasteiger partial charge in [0.25, 0.3) is 5.91 Å². The topological polar surface area (TPSA) is 140 Å². The Morgan fingerprint density at radius 1 is 0.810 bits per heavy atom. The second-order valence-electron chi connectivity index (χ2n) is 14.3. The molecule has 4 aromatic carbocycles. The van der Waals surface area contributed by atoms with Gasteiger partial charge in [-0.15, -0.1) is 4.52 Å². The molecule has 0 aliphatic carbocycles. The van der Waals surface area contributed by atoms with Crippen LogP contribution >= 0.6 is 8.18 Å². The lowest BCUT2D eigenvalue weighted by molar-refractivity contribution is -0.0916. The van der Waals surface area contributed by atoms with E-state index in [1.54, 1.807) is 50.3 Å². The van der Waals surface area contributed by atoms with E-state index < -0.39 is 43.8 Å². The molecule has 0 radical (unpaired) electrons. The third kappa shape index (κ3) is 9.30. The number of nitrogens with one attached hydrogen (secondary N) is 1. The molecular formula is C44H50N4O9P+. The zero-order valence-corrected chi connectivity index (χ0v) is 34.6. The Labute approximate surface area is 339 Å². The highest BCUT2D eigenvalue weighted by Crippen LogP contribution is 2.45. The van der Waals surface area contributed by atoms with Crippen molar-refractivity contribution in [1.29, 1.82) is 0 Å². The lowest BCUT2D eigenvalue weighted by Crippen LogP contribution is -2.39. The zero-order valence-electron chi connectivity index (χ0n) is 33.7. The highest BCUT2D eigenvalue weighted by molar-refractivity contribution is 7.36. The van der Waals surface area contributed by atoms with E-state index in [9.17, 15) is 14.2 Å². The number of methoxy groups -OCH3 is 3. The molecule has 0 bridgehead atoms. The molecule has 0 spiro atoms. The average Bonchev–Trinajstić information content (AvgIpc) is 3.63. The van der Waals surface area contributed by atoms with Crippen LogP contribution in [-0.4, -0.2) is 72.4 Å². The molecule has 58 heavy (non-hydrogen) atoms. The van der Waals surface area contributed by atoms with Crippen molar-refractivity contribution in [2.45, 2.75) is 70.2 Å². The number of ether oxygens (including phenoxy) is 5. The van der Waals surface area contributed by atoms with Crippen LogP contribution in [0.5, 0.6) is 17.2 Å². The summed E-state index contributed by atoms with van der Waals surface area (Å²) in [5.74, 6) is 1.62. The van der Waals surface area contributed by atoms with Gasteiger partial charge in [0.2, 0.25) is 0 Å². The van der Waals surface area contributed by atoms with Gasteiger partial charge < -0.3 is 29.0 Å². The largest absolute Gasteiger partial charge is 0.616 e. The van der Waals surface area contributed by atoms with Crippen molar-refractivity contribution in [1.82, 2.24) is 14.2 Å². The van der Waals surface area contributed by atoms with Crippen LogP contribution in [0.2, 0.25) is 0 Å². The molecule has 0 saturated carbocycles. The molecule has 1 fully saturated rings. The van der Waals surface area contributed by atoms with E-state index in [1.165, 1.54) is 16.8 Å². The maximum Gasteiger partial charge on any atom is 0.616 e. The van der Waals surface area contributed by atoms with Gasteiger partial charge in [-0.05, 0) is 104 Å². The second kappa shape index (κ2) is 18.9. The zero-order chi connectivity index (χ0) is 41.4. The highest BCUT2D eigenvalue weighted by atomic mass is 31.1. The summed E-state index contributed by atoms with van der Waals surface area (Å²) in [6, 6.07) is 33.2. The third-order valence-electron chi connectivity index (χ3n) is 10.0. The van der Waals surface area contributed by atoms with Crippen LogP contribution in [0.25, 0.3) is 0 Å². The monoisotopic (exact) mass is 809 g/mol. The minimum atomic E-state index is -2.32. The normalized spacial score (nSPS) is 17.1. The lowest BCUT2D eigenvalue weighted by atomic mass is 9.80. The number of rotatable bonds is 17. The second-order valence-corrected chi connectivity index (χ2v) is 15.5. The van der Waals surface area contributed by atoms with Crippen molar-refractivity contribution in [3.05, 3.63) is 148 Å². The highest BCUT2D eigenvalue weighted by Gasteiger charge is 2.48. The quantitative estimate of drug-likeness (QED) is 0.0723. The minimum absolute atomic E-state index is 0.0289. The summed E-state index contributed by atoms with van der Waals surface area (Å²) in [7, 11) is 2.46. The van der Waals surface area contributed by atoms with Gasteiger partial charge in [0.15, 0.2) is 0 Å². The summed E-state index contributed by atoms with van der Waals surface area (Å²) in [6.45, 7) is 7.82. The van der Waals surface area contributed by atoms with E-state index in [1.807, 2.05) is 107 Å². The van der Waals surface area contributed by atoms with E-state index in [0.717, 1.165) is 16.7 Å². The molecule has 1 amide bonds. The van der Waals surface area contributed by atoms with Crippen LogP contribution in [0.3, 0.4) is 0 Å². The Balaban J connectivity index is 1.34. The van der Waals surface area contributed by atoms with Gasteiger partial charge in [-0.1, -0.05) is 59.3 Å². The fraction of sp³-hybridized carbons (Fsp3) is 0.341. The number of carbonyl (C=O) groups excluding carboxylic acids is 1. The Bertz CT molecular complexity index is 2140. The predicted octanol–water partition coefficient (Wildman–Crippen LogP) is 7.98. The smallest absolute Gasteiger partial charge is 0.497 e. The fourth-order valence-electron chi connectivity index (χ4n) is 7.19. The van der Waals surface area contributed by atoms with Crippen LogP contribution in [0.15, 0.2) is 120 Å². The summed E-state index contributed by atoms with van der Waals surface area (Å²) in [5, 5.41) is 2.68. The van der Waals surface area contributed by atoms with E-state index in [0.29, 0.717) is 22.8 Å². The van der Waals surface area contributed by atoms with Crippen LogP contribution in [0.1, 0.15) is 67.4 Å². The SMILES string of the molecule is COc1ccc(C(=O)Nc2ccn([C@H]3C[C@H](O[P+](=O)N(C(C)C)C(C)C)[C@@H](COC(c4ccccc4)(c4ccc(OC)cc4)c4ccc(OC)cc4)O3)c(=O)n2)cc1. The summed E-state index contributed by atoms with van der Waals surface area (Å²) >= 11 is 0. The van der Waals surface area contributed by atoms with E-state index >= 15 is 0 Å². The molecule has 13 nitrogen and oxygen atoms in total. The van der Waals surface area contributed by atoms with Crippen molar-refractivity contribution in [2.75, 3.05) is 33.3 Å². The Morgan fingerprint density at radius 2 is 1.33 bits per heavy atom. The van der Waals surface area contributed by atoms with Crippen LogP contribution in [0.4, 0.5) is 5.82 Å². The number of nitrogens with zero attached hydrogens (tertiary/aromatic N) is 3. The summed E-state index contributed by atoms with van der Waals surface area (Å²) in [6.07, 6.45) is -0.711. The van der Waals surface area contributed by atoms with Crippen molar-refractivity contribution in [2.24, 2.45) is 0 Å². The Kier molecular flexibility index (Phi) is 13.7. The van der Waals surface area contributed by atoms with Gasteiger partial charge in [-0.3, -0.25) is 9.36 Å². The standard InChI is InChI=1S/C44H49N4O9P/c1-29(2)48(30(3)4)58(51)57-38-27-41(47-26-25-40(46-43(47)50)45-42(49)31-13-19-35(52-5)20-14-31)56-39(38)28-55-44(32-11-9-8-10-12-32,33-15-21-36(53-6)22-16-33)34-17-23-37(54-7)24-18-34/h8-26,29-30,38-39,41H,27-28H2,1-7H3/p+1/t38-,39+,41+/m0/s1. The van der Waals surface area contributed by atoms with E-state index in [4.69, 9.17) is 28.2 Å². The van der Waals surface area contributed by atoms with Crippen LogP contribution < -0.4 is 25.2 Å². The number of carbonyl (C=O) groups is 1. The van der Waals surface area contributed by atoms with Gasteiger partial charge in [0.1, 0.15) is 47.1 Å². The first-order chi connectivity index (χ1) is 28.0. The molecule has 14 heteroatoms. The molecule has 4 atom stereocenters. The molecular weight excluding hydrogens is 759 g/mol. The molecule has 1 aromatic heterocycles. The molecule has 2 heterocycles. The molecule has 1 saturated heterocycles. The molecule has 1 aliphatic rings. The average molecular weight is 810 g/mol. The summed E-state index contributed by atoms with van der Waals surface area (Å²) in [4.78, 5) is 30.7. The first-order valence-electron chi connectivity index (χ1n) is 19.1. The van der Waals surface area contributed by atoms with Gasteiger partial charge in [0.05, 0.1) is 40.0 Å². The molecule has 1 unspecified atom stereocenters. The molecule has 1 N–H and O–H groups in total. The number of amides is 1. The lowest BCUT2D eigenvalue weighted by Gasteiger charge is -2.37. The van der Waals surface area contributed by atoms with E-state index in [-0.39, 0.29) is 30.9 Å². The molecule has 304 valence electrons. The van der Waals surface area contributed by atoms with Gasteiger partial charge in [-0.25, -0.2) is 4.79 Å². The number of anilines is 1. The minimum Gasteiger partial charge on any atom is -0.497 e. The first kappa shape index (κ1) is 42.2. The molecule has 6 rings (SSSR count). The van der Waals surface area contributed by atoms with Crippen LogP contribution in [-0.2, 0) is 24.2 Å².